The van der Waals surface area contributed by atoms with Crippen LogP contribution in [0.2, 0.25) is 0 Å². The van der Waals surface area contributed by atoms with Gasteiger partial charge in [-0.05, 0) is 68.8 Å². The molecule has 2 atom stereocenters. The normalized spacial score (nSPS) is 17.5. The molecule has 33 heavy (non-hydrogen) atoms. The van der Waals surface area contributed by atoms with Gasteiger partial charge in [-0.25, -0.2) is 18.1 Å². The number of halogens is 1. The summed E-state index contributed by atoms with van der Waals surface area (Å²) in [5.41, 5.74) is 0.556. The molecule has 2 aromatic rings. The first-order valence-corrected chi connectivity index (χ1v) is 12.8. The molecule has 1 aliphatic rings. The number of anilines is 1. The van der Waals surface area contributed by atoms with E-state index in [4.69, 9.17) is 4.74 Å². The standard InChI is InChI=1S/C23H25BrN2O6S/c1-4-15(3)26(33(30,31)19-12-8-17(24)9-13-19)20-14-21(27)25(22(20)28)18-10-6-16(7-11-18)23(29)32-5-2/h6-13,15,20H,4-5,14H2,1-3H3. The second-order valence-corrected chi connectivity index (χ2v) is 10.4. The Balaban J connectivity index is 1.94. The summed E-state index contributed by atoms with van der Waals surface area (Å²) >= 11 is 3.29. The van der Waals surface area contributed by atoms with Crippen LogP contribution in [0.1, 0.15) is 44.0 Å². The summed E-state index contributed by atoms with van der Waals surface area (Å²) in [6.45, 7) is 5.45. The van der Waals surface area contributed by atoms with Crippen LogP contribution in [0.4, 0.5) is 5.69 Å². The molecule has 3 rings (SSSR count). The van der Waals surface area contributed by atoms with Crippen LogP contribution in [0.3, 0.4) is 0 Å². The molecule has 1 aliphatic heterocycles. The average molecular weight is 537 g/mol. The fraction of sp³-hybridized carbons (Fsp3) is 0.348. The van der Waals surface area contributed by atoms with Gasteiger partial charge in [0.25, 0.3) is 5.91 Å². The maximum absolute atomic E-state index is 13.5. The van der Waals surface area contributed by atoms with Gasteiger partial charge in [0.15, 0.2) is 0 Å². The molecular formula is C23H25BrN2O6S. The highest BCUT2D eigenvalue weighted by Crippen LogP contribution is 2.32. The molecule has 1 fully saturated rings. The van der Waals surface area contributed by atoms with E-state index in [-0.39, 0.29) is 29.2 Å². The van der Waals surface area contributed by atoms with Crippen molar-refractivity contribution in [1.29, 1.82) is 0 Å². The van der Waals surface area contributed by atoms with Crippen molar-refractivity contribution in [3.8, 4) is 0 Å². The number of imide groups is 1. The minimum absolute atomic E-state index is 0.0449. The van der Waals surface area contributed by atoms with E-state index in [0.29, 0.717) is 6.42 Å². The van der Waals surface area contributed by atoms with E-state index < -0.39 is 39.9 Å². The first-order valence-electron chi connectivity index (χ1n) is 10.5. The van der Waals surface area contributed by atoms with Crippen LogP contribution >= 0.6 is 15.9 Å². The third kappa shape index (κ3) is 5.02. The number of nitrogens with zero attached hydrogens (tertiary/aromatic N) is 2. The molecule has 8 nitrogen and oxygen atoms in total. The van der Waals surface area contributed by atoms with Crippen molar-refractivity contribution < 1.29 is 27.5 Å². The Kier molecular flexibility index (Phi) is 7.71. The highest BCUT2D eigenvalue weighted by Gasteiger charge is 2.48. The zero-order valence-electron chi connectivity index (χ0n) is 18.5. The van der Waals surface area contributed by atoms with Crippen LogP contribution in [-0.4, -0.2) is 49.2 Å². The molecule has 0 aromatic heterocycles. The van der Waals surface area contributed by atoms with E-state index >= 15 is 0 Å². The molecule has 0 spiro atoms. The molecule has 176 valence electrons. The van der Waals surface area contributed by atoms with Gasteiger partial charge >= 0.3 is 5.97 Å². The second kappa shape index (κ2) is 10.1. The highest BCUT2D eigenvalue weighted by atomic mass is 79.9. The number of sulfonamides is 1. The Bertz CT molecular complexity index is 1150. The van der Waals surface area contributed by atoms with Crippen molar-refractivity contribution in [1.82, 2.24) is 4.31 Å². The smallest absolute Gasteiger partial charge is 0.338 e. The zero-order valence-corrected chi connectivity index (χ0v) is 20.9. The Morgan fingerprint density at radius 2 is 1.73 bits per heavy atom. The molecule has 2 aromatic carbocycles. The van der Waals surface area contributed by atoms with Crippen LogP contribution in [0.5, 0.6) is 0 Å². The first-order chi connectivity index (χ1) is 15.6. The molecule has 2 unspecified atom stereocenters. The lowest BCUT2D eigenvalue weighted by atomic mass is 10.2. The van der Waals surface area contributed by atoms with E-state index in [0.717, 1.165) is 13.7 Å². The summed E-state index contributed by atoms with van der Waals surface area (Å²) in [7, 11) is -4.05. The SMILES string of the molecule is CCOC(=O)c1ccc(N2C(=O)CC(N(C(C)CC)S(=O)(=O)c3ccc(Br)cc3)C2=O)cc1. The number of carbonyl (C=O) groups excluding carboxylic acids is 3. The van der Waals surface area contributed by atoms with Gasteiger partial charge in [-0.1, -0.05) is 22.9 Å². The van der Waals surface area contributed by atoms with Crippen molar-refractivity contribution in [2.45, 2.75) is 50.6 Å². The third-order valence-corrected chi connectivity index (χ3v) is 8.05. The van der Waals surface area contributed by atoms with E-state index in [1.165, 1.54) is 36.4 Å². The second-order valence-electron chi connectivity index (χ2n) is 7.60. The summed E-state index contributed by atoms with van der Waals surface area (Å²) in [4.78, 5) is 39.1. The maximum Gasteiger partial charge on any atom is 0.338 e. The average Bonchev–Trinajstić information content (AvgIpc) is 3.07. The topological polar surface area (TPSA) is 101 Å². The summed E-state index contributed by atoms with van der Waals surface area (Å²) < 4.78 is 33.8. The lowest BCUT2D eigenvalue weighted by Gasteiger charge is -2.31. The van der Waals surface area contributed by atoms with Crippen molar-refractivity contribution in [3.05, 3.63) is 58.6 Å². The molecule has 10 heteroatoms. The van der Waals surface area contributed by atoms with Crippen LogP contribution < -0.4 is 4.90 Å². The van der Waals surface area contributed by atoms with Gasteiger partial charge < -0.3 is 4.74 Å². The molecule has 2 amide bonds. The van der Waals surface area contributed by atoms with Gasteiger partial charge in [-0.3, -0.25) is 9.59 Å². The molecule has 1 saturated heterocycles. The molecule has 0 radical (unpaired) electrons. The largest absolute Gasteiger partial charge is 0.462 e. The van der Waals surface area contributed by atoms with Crippen LogP contribution in [0.25, 0.3) is 0 Å². The fourth-order valence-corrected chi connectivity index (χ4v) is 5.78. The Morgan fingerprint density at radius 1 is 1.12 bits per heavy atom. The molecular weight excluding hydrogens is 512 g/mol. The number of rotatable bonds is 8. The number of ether oxygens (including phenoxy) is 1. The maximum atomic E-state index is 13.5. The predicted molar refractivity (Wildman–Crippen MR) is 126 cm³/mol. The van der Waals surface area contributed by atoms with Crippen molar-refractivity contribution in [2.24, 2.45) is 0 Å². The van der Waals surface area contributed by atoms with Gasteiger partial charge in [-0.15, -0.1) is 0 Å². The molecule has 0 N–H and O–H groups in total. The zero-order chi connectivity index (χ0) is 24.3. The summed E-state index contributed by atoms with van der Waals surface area (Å²) in [6, 6.07) is 10.4. The van der Waals surface area contributed by atoms with Gasteiger partial charge in [0, 0.05) is 10.5 Å². The van der Waals surface area contributed by atoms with E-state index in [2.05, 4.69) is 15.9 Å². The number of esters is 1. The predicted octanol–water partition coefficient (Wildman–Crippen LogP) is 3.75. The Morgan fingerprint density at radius 3 is 2.27 bits per heavy atom. The van der Waals surface area contributed by atoms with Gasteiger partial charge in [0.05, 0.1) is 29.2 Å². The van der Waals surface area contributed by atoms with E-state index in [1.807, 2.05) is 6.92 Å². The van der Waals surface area contributed by atoms with Crippen molar-refractivity contribution in [3.63, 3.8) is 0 Å². The van der Waals surface area contributed by atoms with Crippen LogP contribution in [0.15, 0.2) is 57.9 Å². The van der Waals surface area contributed by atoms with Crippen LogP contribution in [0, 0.1) is 0 Å². The summed E-state index contributed by atoms with van der Waals surface area (Å²) in [6.07, 6.45) is 0.195. The summed E-state index contributed by atoms with van der Waals surface area (Å²) in [5.74, 6) is -1.64. The Labute approximate surface area is 201 Å². The fourth-order valence-electron chi connectivity index (χ4n) is 3.67. The number of carbonyl (C=O) groups is 3. The molecule has 0 saturated carbocycles. The lowest BCUT2D eigenvalue weighted by Crippen LogP contribution is -2.49. The van der Waals surface area contributed by atoms with Crippen molar-refractivity contribution in [2.75, 3.05) is 11.5 Å². The molecule has 0 bridgehead atoms. The van der Waals surface area contributed by atoms with Crippen molar-refractivity contribution >= 4 is 49.4 Å². The molecule has 0 aliphatic carbocycles. The quantitative estimate of drug-likeness (QED) is 0.376. The summed E-state index contributed by atoms with van der Waals surface area (Å²) in [5, 5.41) is 0. The molecule has 1 heterocycles. The number of amides is 2. The monoisotopic (exact) mass is 536 g/mol. The lowest BCUT2D eigenvalue weighted by molar-refractivity contribution is -0.122. The number of hydrogen-bond acceptors (Lipinski definition) is 6. The van der Waals surface area contributed by atoms with Crippen LogP contribution in [-0.2, 0) is 24.3 Å². The minimum Gasteiger partial charge on any atom is -0.462 e. The van der Waals surface area contributed by atoms with Gasteiger partial charge in [0.1, 0.15) is 6.04 Å². The van der Waals surface area contributed by atoms with E-state index in [9.17, 15) is 22.8 Å². The third-order valence-electron chi connectivity index (χ3n) is 5.48. The number of benzene rings is 2. The van der Waals surface area contributed by atoms with Gasteiger partial charge in [0.2, 0.25) is 15.9 Å². The van der Waals surface area contributed by atoms with Gasteiger partial charge in [-0.2, -0.15) is 4.31 Å². The highest BCUT2D eigenvalue weighted by molar-refractivity contribution is 9.10. The number of hydrogen-bond donors (Lipinski definition) is 0. The van der Waals surface area contributed by atoms with E-state index in [1.54, 1.807) is 26.0 Å². The first kappa shape index (κ1) is 25.1. The Hall–Kier alpha value is -2.56. The minimum atomic E-state index is -4.05.